The highest BCUT2D eigenvalue weighted by atomic mass is 16.1. The lowest BCUT2D eigenvalue weighted by atomic mass is 9.97. The van der Waals surface area contributed by atoms with Crippen molar-refractivity contribution in [2.45, 2.75) is 32.6 Å². The molecule has 1 atom stereocenters. The monoisotopic (exact) mass is 231 g/mol. The van der Waals surface area contributed by atoms with Crippen LogP contribution in [-0.4, -0.2) is 19.4 Å². The van der Waals surface area contributed by atoms with Crippen molar-refractivity contribution >= 4 is 5.78 Å². The summed E-state index contributed by atoms with van der Waals surface area (Å²) in [5.74, 6) is 0.436. The van der Waals surface area contributed by atoms with Gasteiger partial charge in [0, 0.05) is 18.9 Å². The summed E-state index contributed by atoms with van der Waals surface area (Å²) < 4.78 is 0. The van der Waals surface area contributed by atoms with E-state index >= 15 is 0 Å². The third kappa shape index (κ3) is 2.95. The molecule has 2 rings (SSSR count). The minimum absolute atomic E-state index is 0.105. The molecule has 0 amide bonds. The van der Waals surface area contributed by atoms with Crippen LogP contribution in [0.3, 0.4) is 0 Å². The number of rotatable bonds is 5. The first-order valence-electron chi connectivity index (χ1n) is 6.48. The lowest BCUT2D eigenvalue weighted by Gasteiger charge is -2.10. The molecule has 1 aliphatic rings. The number of hydrogen-bond donors (Lipinski definition) is 1. The van der Waals surface area contributed by atoms with Crippen LogP contribution in [0, 0.1) is 5.92 Å². The number of aryl methyl sites for hydroxylation is 2. The number of hydrogen-bond acceptors (Lipinski definition) is 2. The molecule has 0 saturated heterocycles. The summed E-state index contributed by atoms with van der Waals surface area (Å²) in [6, 6.07) is 6.55. The summed E-state index contributed by atoms with van der Waals surface area (Å²) in [5.41, 5.74) is 4.11. The predicted octanol–water partition coefficient (Wildman–Crippen LogP) is 2.14. The smallest absolute Gasteiger partial charge is 0.141 e. The van der Waals surface area contributed by atoms with E-state index in [0.29, 0.717) is 12.2 Å². The van der Waals surface area contributed by atoms with E-state index in [1.807, 2.05) is 14.0 Å². The summed E-state index contributed by atoms with van der Waals surface area (Å²) >= 11 is 0. The van der Waals surface area contributed by atoms with Gasteiger partial charge in [-0.15, -0.1) is 0 Å². The molecule has 1 unspecified atom stereocenters. The Morgan fingerprint density at radius 1 is 1.35 bits per heavy atom. The van der Waals surface area contributed by atoms with Gasteiger partial charge < -0.3 is 5.32 Å². The molecule has 0 aliphatic heterocycles. The second-order valence-corrected chi connectivity index (χ2v) is 5.06. The standard InChI is InChI=1S/C15H21NO/c1-11(10-16-2)15(17)9-12-6-7-13-4-3-5-14(13)8-12/h6-8,11,16H,3-5,9-10H2,1-2H3. The maximum Gasteiger partial charge on any atom is 0.141 e. The second-order valence-electron chi connectivity index (χ2n) is 5.06. The van der Waals surface area contributed by atoms with E-state index in [1.54, 1.807) is 0 Å². The van der Waals surface area contributed by atoms with Crippen molar-refractivity contribution in [3.8, 4) is 0 Å². The summed E-state index contributed by atoms with van der Waals surface area (Å²) in [5, 5.41) is 3.05. The van der Waals surface area contributed by atoms with Crippen molar-refractivity contribution < 1.29 is 4.79 Å². The molecule has 1 N–H and O–H groups in total. The Bertz CT molecular complexity index is 411. The van der Waals surface area contributed by atoms with Gasteiger partial charge in [0.1, 0.15) is 5.78 Å². The third-order valence-corrected chi connectivity index (χ3v) is 3.60. The van der Waals surface area contributed by atoms with E-state index in [2.05, 4.69) is 23.5 Å². The summed E-state index contributed by atoms with van der Waals surface area (Å²) in [7, 11) is 1.89. The third-order valence-electron chi connectivity index (χ3n) is 3.60. The van der Waals surface area contributed by atoms with E-state index in [0.717, 1.165) is 6.54 Å². The number of fused-ring (bicyclic) bond motifs is 1. The highest BCUT2D eigenvalue weighted by molar-refractivity contribution is 5.83. The minimum Gasteiger partial charge on any atom is -0.319 e. The lowest BCUT2D eigenvalue weighted by Crippen LogP contribution is -2.24. The number of carbonyl (C=O) groups is 1. The molecule has 0 bridgehead atoms. The van der Waals surface area contributed by atoms with Gasteiger partial charge >= 0.3 is 0 Å². The average molecular weight is 231 g/mol. The van der Waals surface area contributed by atoms with Gasteiger partial charge in [0.25, 0.3) is 0 Å². The average Bonchev–Trinajstić information content (AvgIpc) is 2.76. The molecular weight excluding hydrogens is 210 g/mol. The van der Waals surface area contributed by atoms with E-state index in [9.17, 15) is 4.79 Å². The van der Waals surface area contributed by atoms with Crippen LogP contribution < -0.4 is 5.32 Å². The van der Waals surface area contributed by atoms with Gasteiger partial charge in [-0.3, -0.25) is 4.79 Å². The van der Waals surface area contributed by atoms with Crippen LogP contribution in [0.25, 0.3) is 0 Å². The molecule has 1 aromatic carbocycles. The van der Waals surface area contributed by atoms with Gasteiger partial charge in [0.15, 0.2) is 0 Å². The molecule has 0 radical (unpaired) electrons. The Morgan fingerprint density at radius 3 is 2.88 bits per heavy atom. The molecule has 1 aliphatic carbocycles. The number of benzene rings is 1. The van der Waals surface area contributed by atoms with E-state index < -0.39 is 0 Å². The highest BCUT2D eigenvalue weighted by Crippen LogP contribution is 2.23. The van der Waals surface area contributed by atoms with Crippen molar-refractivity contribution in [2.24, 2.45) is 5.92 Å². The van der Waals surface area contributed by atoms with Crippen LogP contribution in [0.1, 0.15) is 30.0 Å². The summed E-state index contributed by atoms with van der Waals surface area (Å²) in [6.07, 6.45) is 4.24. The largest absolute Gasteiger partial charge is 0.319 e. The molecular formula is C15H21NO. The van der Waals surface area contributed by atoms with E-state index in [-0.39, 0.29) is 5.92 Å². The number of Topliss-reactive ketones (excluding diaryl/α,β-unsaturated/α-hetero) is 1. The van der Waals surface area contributed by atoms with Crippen LogP contribution in [0.2, 0.25) is 0 Å². The first-order chi connectivity index (χ1) is 8.20. The van der Waals surface area contributed by atoms with Gasteiger partial charge in [0.2, 0.25) is 0 Å². The van der Waals surface area contributed by atoms with Gasteiger partial charge in [-0.05, 0) is 43.0 Å². The van der Waals surface area contributed by atoms with E-state index in [1.165, 1.54) is 36.0 Å². The Balaban J connectivity index is 2.01. The summed E-state index contributed by atoms with van der Waals surface area (Å²) in [6.45, 7) is 2.76. The second kappa shape index (κ2) is 5.46. The maximum absolute atomic E-state index is 12.0. The van der Waals surface area contributed by atoms with Crippen LogP contribution in [0.15, 0.2) is 18.2 Å². The van der Waals surface area contributed by atoms with Crippen molar-refractivity contribution in [1.29, 1.82) is 0 Å². The van der Waals surface area contributed by atoms with Gasteiger partial charge in [-0.25, -0.2) is 0 Å². The minimum atomic E-state index is 0.105. The molecule has 0 fully saturated rings. The van der Waals surface area contributed by atoms with E-state index in [4.69, 9.17) is 0 Å². The van der Waals surface area contributed by atoms with Gasteiger partial charge in [-0.1, -0.05) is 25.1 Å². The molecule has 2 nitrogen and oxygen atoms in total. The zero-order valence-electron chi connectivity index (χ0n) is 10.8. The molecule has 17 heavy (non-hydrogen) atoms. The number of nitrogens with one attached hydrogen (secondary N) is 1. The first-order valence-corrected chi connectivity index (χ1v) is 6.48. The quantitative estimate of drug-likeness (QED) is 0.841. The normalized spacial score (nSPS) is 15.6. The zero-order chi connectivity index (χ0) is 12.3. The number of carbonyl (C=O) groups excluding carboxylic acids is 1. The Kier molecular flexibility index (Phi) is 3.95. The molecule has 0 saturated carbocycles. The SMILES string of the molecule is CNCC(C)C(=O)Cc1ccc2c(c1)CCC2. The van der Waals surface area contributed by atoms with Gasteiger partial charge in [-0.2, -0.15) is 0 Å². The topological polar surface area (TPSA) is 29.1 Å². The molecule has 2 heteroatoms. The predicted molar refractivity (Wildman–Crippen MR) is 70.3 cm³/mol. The van der Waals surface area contributed by atoms with Crippen LogP contribution in [0.5, 0.6) is 0 Å². The Morgan fingerprint density at radius 2 is 2.12 bits per heavy atom. The number of ketones is 1. The Labute approximate surface area is 103 Å². The van der Waals surface area contributed by atoms with Crippen LogP contribution in [-0.2, 0) is 24.1 Å². The molecule has 92 valence electrons. The molecule has 0 spiro atoms. The fourth-order valence-corrected chi connectivity index (χ4v) is 2.53. The first kappa shape index (κ1) is 12.3. The highest BCUT2D eigenvalue weighted by Gasteiger charge is 2.15. The lowest BCUT2D eigenvalue weighted by molar-refractivity contribution is -0.121. The Hall–Kier alpha value is -1.15. The van der Waals surface area contributed by atoms with Gasteiger partial charge in [0.05, 0.1) is 0 Å². The fraction of sp³-hybridized carbons (Fsp3) is 0.533. The zero-order valence-corrected chi connectivity index (χ0v) is 10.8. The molecule has 1 aromatic rings. The molecule has 0 aromatic heterocycles. The van der Waals surface area contributed by atoms with Crippen molar-refractivity contribution in [3.05, 3.63) is 34.9 Å². The summed E-state index contributed by atoms with van der Waals surface area (Å²) in [4.78, 5) is 12.0. The molecule has 0 heterocycles. The van der Waals surface area contributed by atoms with Crippen molar-refractivity contribution in [2.75, 3.05) is 13.6 Å². The van der Waals surface area contributed by atoms with Crippen LogP contribution >= 0.6 is 0 Å². The fourth-order valence-electron chi connectivity index (χ4n) is 2.53. The van der Waals surface area contributed by atoms with Crippen molar-refractivity contribution in [1.82, 2.24) is 5.32 Å². The van der Waals surface area contributed by atoms with Crippen molar-refractivity contribution in [3.63, 3.8) is 0 Å². The maximum atomic E-state index is 12.0. The van der Waals surface area contributed by atoms with Crippen LogP contribution in [0.4, 0.5) is 0 Å².